The molecular weight excluding hydrogens is 588 g/mol. The van der Waals surface area contributed by atoms with Gasteiger partial charge in [0.2, 0.25) is 0 Å². The minimum Gasteiger partial charge on any atom is -0.299 e. The van der Waals surface area contributed by atoms with E-state index in [0.29, 0.717) is 36.1 Å². The Morgan fingerprint density at radius 2 is 0.833 bits per heavy atom. The van der Waals surface area contributed by atoms with Crippen molar-refractivity contribution < 1.29 is 14.4 Å². The number of hydrogen-bond acceptors (Lipinski definition) is 3. The van der Waals surface area contributed by atoms with Crippen LogP contribution in [0.1, 0.15) is 164 Å². The van der Waals surface area contributed by atoms with Gasteiger partial charge < -0.3 is 0 Å². The Kier molecular flexibility index (Phi) is 31.7. The summed E-state index contributed by atoms with van der Waals surface area (Å²) in [5.74, 6) is 1.62. The second-order valence-electron chi connectivity index (χ2n) is 10.3. The van der Waals surface area contributed by atoms with Gasteiger partial charge in [0.1, 0.15) is 17.3 Å². The van der Waals surface area contributed by atoms with Crippen molar-refractivity contribution in [3.8, 4) is 11.1 Å². The molecule has 48 heavy (non-hydrogen) atoms. The normalized spacial score (nSPS) is 17.3. The van der Waals surface area contributed by atoms with Crippen LogP contribution in [0.4, 0.5) is 0 Å². The smallest absolute Gasteiger partial charge is 0.144 e. The molecule has 0 saturated heterocycles. The lowest BCUT2D eigenvalue weighted by atomic mass is 9.90. The fraction of sp³-hybridized carbons (Fsp3) is 0.533. The van der Waals surface area contributed by atoms with Gasteiger partial charge in [-0.15, -0.1) is 0 Å². The standard InChI is InChI=1S/C16H14O.C10H10O.C7H12O.6C2H6/c1-11-13-7-4-5-9-15(13)14-8-3-2-6-12(14)10-16(11)17;1-7-9-5-3-2-4-8(9)6-10(7)11;1-6-4-2-3-5-7(6)8;6*1-2/h2-9,11H,10H2,1H3;2-5,7H,6H2,1H3;6H,2-5H2,1H3;6*1-2H3. The lowest BCUT2D eigenvalue weighted by Crippen LogP contribution is -2.14. The molecule has 270 valence electrons. The zero-order valence-corrected chi connectivity index (χ0v) is 33.6. The first kappa shape index (κ1) is 49.1. The summed E-state index contributed by atoms with van der Waals surface area (Å²) in [6.07, 6.45) is 5.53. The number of Topliss-reactive ketones (excluding diaryl/α,β-unsaturated/α-hetero) is 3. The summed E-state index contributed by atoms with van der Waals surface area (Å²) in [6.45, 7) is 30.0. The molecule has 0 heterocycles. The van der Waals surface area contributed by atoms with Crippen LogP contribution in [-0.2, 0) is 27.2 Å². The van der Waals surface area contributed by atoms with Crippen LogP contribution in [0.3, 0.4) is 0 Å². The lowest BCUT2D eigenvalue weighted by molar-refractivity contribution is -0.124. The average molecular weight is 661 g/mol. The molecule has 0 aliphatic heterocycles. The minimum absolute atomic E-state index is 0.00130. The molecule has 0 aromatic heterocycles. The van der Waals surface area contributed by atoms with E-state index in [1.54, 1.807) is 0 Å². The second kappa shape index (κ2) is 31.0. The van der Waals surface area contributed by atoms with Crippen LogP contribution in [0.2, 0.25) is 0 Å². The summed E-state index contributed by atoms with van der Waals surface area (Å²) in [5.41, 5.74) is 7.15. The fourth-order valence-electron chi connectivity index (χ4n) is 5.36. The highest BCUT2D eigenvalue weighted by Crippen LogP contribution is 2.36. The predicted octanol–water partition coefficient (Wildman–Crippen LogP) is 13.4. The maximum atomic E-state index is 12.1. The molecule has 6 rings (SSSR count). The second-order valence-corrected chi connectivity index (χ2v) is 10.3. The summed E-state index contributed by atoms with van der Waals surface area (Å²) < 4.78 is 0. The van der Waals surface area contributed by atoms with Gasteiger partial charge in [0.15, 0.2) is 0 Å². The van der Waals surface area contributed by atoms with E-state index in [-0.39, 0.29) is 11.8 Å². The third-order valence-corrected chi connectivity index (χ3v) is 7.81. The van der Waals surface area contributed by atoms with E-state index < -0.39 is 0 Å². The van der Waals surface area contributed by atoms with Gasteiger partial charge in [-0.25, -0.2) is 0 Å². The van der Waals surface area contributed by atoms with Gasteiger partial charge in [-0.2, -0.15) is 0 Å². The van der Waals surface area contributed by atoms with Gasteiger partial charge in [-0.05, 0) is 46.2 Å². The molecule has 1 saturated carbocycles. The summed E-state index contributed by atoms with van der Waals surface area (Å²) in [5, 5.41) is 0. The first-order valence-corrected chi connectivity index (χ1v) is 19.2. The van der Waals surface area contributed by atoms with E-state index in [0.717, 1.165) is 30.4 Å². The molecule has 3 aromatic carbocycles. The first-order valence-electron chi connectivity index (χ1n) is 19.2. The summed E-state index contributed by atoms with van der Waals surface area (Å²) in [6, 6.07) is 24.5. The molecule has 0 spiro atoms. The molecule has 3 heteroatoms. The molecule has 3 atom stereocenters. The highest BCUT2D eigenvalue weighted by atomic mass is 16.1. The molecule has 0 radical (unpaired) electrons. The Labute approximate surface area is 297 Å². The van der Waals surface area contributed by atoms with E-state index in [1.807, 2.05) is 152 Å². The van der Waals surface area contributed by atoms with Crippen LogP contribution in [0.25, 0.3) is 11.1 Å². The van der Waals surface area contributed by atoms with E-state index >= 15 is 0 Å². The molecule has 3 aliphatic carbocycles. The predicted molar refractivity (Wildman–Crippen MR) is 213 cm³/mol. The molecule has 0 bridgehead atoms. The van der Waals surface area contributed by atoms with Crippen LogP contribution in [0.5, 0.6) is 0 Å². The van der Waals surface area contributed by atoms with Gasteiger partial charge in [0, 0.05) is 37.0 Å². The Balaban J connectivity index is -0.000000570. The molecule has 0 amide bonds. The molecule has 0 N–H and O–H groups in total. The van der Waals surface area contributed by atoms with Crippen molar-refractivity contribution >= 4 is 17.3 Å². The minimum atomic E-state index is -0.00130. The van der Waals surface area contributed by atoms with Gasteiger partial charge in [-0.3, -0.25) is 14.4 Å². The number of ketones is 3. The number of benzene rings is 3. The maximum absolute atomic E-state index is 12.1. The van der Waals surface area contributed by atoms with E-state index in [2.05, 4.69) is 24.3 Å². The van der Waals surface area contributed by atoms with Gasteiger partial charge in [0.05, 0.1) is 0 Å². The van der Waals surface area contributed by atoms with Crippen LogP contribution in [-0.4, -0.2) is 17.3 Å². The maximum Gasteiger partial charge on any atom is 0.144 e. The van der Waals surface area contributed by atoms with Crippen LogP contribution in [0, 0.1) is 5.92 Å². The number of fused-ring (bicyclic) bond motifs is 4. The zero-order chi connectivity index (χ0) is 37.7. The molecule has 3 nitrogen and oxygen atoms in total. The first-order chi connectivity index (χ1) is 23.4. The van der Waals surface area contributed by atoms with Crippen molar-refractivity contribution in [2.45, 2.75) is 154 Å². The topological polar surface area (TPSA) is 51.2 Å². The van der Waals surface area contributed by atoms with Crippen molar-refractivity contribution in [1.29, 1.82) is 0 Å². The molecular formula is C45H72O3. The number of carbonyl (C=O) groups is 3. The highest BCUT2D eigenvalue weighted by molar-refractivity contribution is 5.94. The summed E-state index contributed by atoms with van der Waals surface area (Å²) >= 11 is 0. The lowest BCUT2D eigenvalue weighted by Gasteiger charge is -2.14. The summed E-state index contributed by atoms with van der Waals surface area (Å²) in [4.78, 5) is 34.2. The largest absolute Gasteiger partial charge is 0.299 e. The van der Waals surface area contributed by atoms with Crippen LogP contribution < -0.4 is 0 Å². The van der Waals surface area contributed by atoms with Crippen molar-refractivity contribution in [2.75, 3.05) is 0 Å². The quantitative estimate of drug-likeness (QED) is 0.241. The van der Waals surface area contributed by atoms with Crippen molar-refractivity contribution in [1.82, 2.24) is 0 Å². The average Bonchev–Trinajstić information content (AvgIpc) is 3.41. The number of hydrogen-bond donors (Lipinski definition) is 0. The Morgan fingerprint density at radius 3 is 1.29 bits per heavy atom. The van der Waals surface area contributed by atoms with Gasteiger partial charge in [0.25, 0.3) is 0 Å². The molecule has 3 unspecified atom stereocenters. The van der Waals surface area contributed by atoms with E-state index in [1.165, 1.54) is 28.7 Å². The van der Waals surface area contributed by atoms with Gasteiger partial charge >= 0.3 is 0 Å². The third-order valence-electron chi connectivity index (χ3n) is 7.81. The monoisotopic (exact) mass is 661 g/mol. The summed E-state index contributed by atoms with van der Waals surface area (Å²) in [7, 11) is 0. The SMILES string of the molecule is CC.CC.CC.CC.CC.CC.CC1C(=O)Cc2ccccc2-c2ccccc21.CC1C(=O)Cc2ccccc21.CC1CCCCC1=O. The van der Waals surface area contributed by atoms with Crippen molar-refractivity contribution in [3.63, 3.8) is 0 Å². The third kappa shape index (κ3) is 15.7. The van der Waals surface area contributed by atoms with E-state index in [4.69, 9.17) is 0 Å². The molecule has 3 aliphatic rings. The van der Waals surface area contributed by atoms with Gasteiger partial charge in [-0.1, -0.05) is 183 Å². The van der Waals surface area contributed by atoms with Crippen LogP contribution >= 0.6 is 0 Å². The fourth-order valence-corrected chi connectivity index (χ4v) is 5.36. The molecule has 1 fully saturated rings. The highest BCUT2D eigenvalue weighted by Gasteiger charge is 2.26. The Hall–Kier alpha value is -3.33. The Bertz CT molecular complexity index is 1260. The van der Waals surface area contributed by atoms with Crippen molar-refractivity contribution in [3.05, 3.63) is 95.1 Å². The zero-order valence-electron chi connectivity index (χ0n) is 33.6. The Morgan fingerprint density at radius 1 is 0.438 bits per heavy atom. The number of carbonyl (C=O) groups excluding carboxylic acids is 3. The van der Waals surface area contributed by atoms with Crippen LogP contribution in [0.15, 0.2) is 72.8 Å². The van der Waals surface area contributed by atoms with E-state index in [9.17, 15) is 14.4 Å². The van der Waals surface area contributed by atoms with Crippen molar-refractivity contribution in [2.24, 2.45) is 5.92 Å². The molecule has 3 aromatic rings. The number of rotatable bonds is 0.